The van der Waals surface area contributed by atoms with E-state index in [1.807, 2.05) is 0 Å². The lowest BCUT2D eigenvalue weighted by molar-refractivity contribution is 1.28. The molecule has 0 saturated carbocycles. The smallest absolute Gasteiger partial charge is 0.0462 e. The number of rotatable bonds is 13. The van der Waals surface area contributed by atoms with Gasteiger partial charge in [0.25, 0.3) is 0 Å². The number of anilines is 6. The molecule has 0 aliphatic carbocycles. The van der Waals surface area contributed by atoms with Gasteiger partial charge in [0.2, 0.25) is 0 Å². The van der Waals surface area contributed by atoms with Gasteiger partial charge in [-0.3, -0.25) is 0 Å². The molecule has 11 aromatic rings. The van der Waals surface area contributed by atoms with E-state index in [9.17, 15) is 0 Å². The molecule has 0 spiro atoms. The van der Waals surface area contributed by atoms with Gasteiger partial charge in [0, 0.05) is 44.7 Å². The maximum atomic E-state index is 2.38. The average Bonchev–Trinajstić information content (AvgIpc) is 3.71. The van der Waals surface area contributed by atoms with Gasteiger partial charge in [0.1, 0.15) is 0 Å². The minimum absolute atomic E-state index is 0.598. The molecule has 10 aromatic carbocycles. The van der Waals surface area contributed by atoms with Crippen molar-refractivity contribution in [3.05, 3.63) is 278 Å². The fourth-order valence-corrected chi connectivity index (χ4v) is 13.0. The first-order valence-corrected chi connectivity index (χ1v) is 26.2. The van der Waals surface area contributed by atoms with Crippen LogP contribution in [0.5, 0.6) is 0 Å². The van der Waals surface area contributed by atoms with Crippen molar-refractivity contribution in [1.29, 1.82) is 0 Å². The Balaban J connectivity index is 0.924. The molecule has 0 atom stereocenters. The summed E-state index contributed by atoms with van der Waals surface area (Å²) in [5.41, 5.74) is 21.8. The van der Waals surface area contributed by atoms with E-state index in [1.54, 1.807) is 0 Å². The highest BCUT2D eigenvalue weighted by Gasteiger charge is 2.22. The third-order valence-electron chi connectivity index (χ3n) is 13.9. The summed E-state index contributed by atoms with van der Waals surface area (Å²) >= 11 is 0. The second kappa shape index (κ2) is 20.3. The molecule has 0 fully saturated rings. The van der Waals surface area contributed by atoms with Crippen molar-refractivity contribution in [2.75, 3.05) is 9.80 Å². The maximum Gasteiger partial charge on any atom is 0.0462 e. The Morgan fingerprint density at radius 2 is 0.423 bits per heavy atom. The molecule has 342 valence electrons. The zero-order chi connectivity index (χ0) is 48.1. The second-order valence-corrected chi connectivity index (χ2v) is 20.5. The van der Waals surface area contributed by atoms with Crippen LogP contribution >= 0.6 is 7.53 Å². The van der Waals surface area contributed by atoms with Crippen molar-refractivity contribution < 1.29 is 0 Å². The minimum atomic E-state index is -0.598. The van der Waals surface area contributed by atoms with Crippen molar-refractivity contribution in [3.63, 3.8) is 0 Å². The first-order chi connectivity index (χ1) is 35.0. The van der Waals surface area contributed by atoms with E-state index in [0.29, 0.717) is 0 Å². The molecule has 1 aromatic heterocycles. The fourth-order valence-electron chi connectivity index (χ4n) is 10.1. The number of hydrogen-bond acceptors (Lipinski definition) is 2. The molecular weight excluding hydrogens is 876 g/mol. The monoisotopic (exact) mass is 930 g/mol. The van der Waals surface area contributed by atoms with Crippen LogP contribution in [0.2, 0.25) is 0 Å². The fraction of sp³-hybridized carbons (Fsp3) is 0.0588. The van der Waals surface area contributed by atoms with Crippen LogP contribution in [0.25, 0.3) is 66.2 Å². The molecule has 11 rings (SSSR count). The first-order valence-electron chi connectivity index (χ1n) is 24.6. The Hall–Kier alpha value is -8.42. The molecule has 0 radical (unpaired) electrons. The topological polar surface area (TPSA) is 6.48 Å². The second-order valence-electron chi connectivity index (χ2n) is 18.1. The molecule has 1 heterocycles. The molecule has 0 aliphatic rings. The summed E-state index contributed by atoms with van der Waals surface area (Å²) < 4.78 is 0. The normalized spacial score (nSPS) is 11.1. The number of benzene rings is 10. The zero-order valence-corrected chi connectivity index (χ0v) is 41.3. The first kappa shape index (κ1) is 45.0. The van der Waals surface area contributed by atoms with Crippen molar-refractivity contribution >= 4 is 41.7 Å². The van der Waals surface area contributed by atoms with Crippen LogP contribution in [-0.4, -0.2) is 0 Å². The Morgan fingerprint density at radius 1 is 0.239 bits per heavy atom. The predicted octanol–water partition coefficient (Wildman–Crippen LogP) is 20.3. The molecule has 0 N–H and O–H groups in total. The molecule has 0 saturated heterocycles. The lowest BCUT2D eigenvalue weighted by Crippen LogP contribution is -2.09. The van der Waals surface area contributed by atoms with Crippen LogP contribution in [0.1, 0.15) is 18.1 Å². The Kier molecular flexibility index (Phi) is 12.9. The summed E-state index contributed by atoms with van der Waals surface area (Å²) in [6.07, 6.45) is 1.07. The van der Waals surface area contributed by atoms with E-state index in [1.165, 1.54) is 77.4 Å². The summed E-state index contributed by atoms with van der Waals surface area (Å²) in [6.45, 7) is 7.03. The van der Waals surface area contributed by atoms with E-state index in [0.717, 1.165) is 40.3 Å². The van der Waals surface area contributed by atoms with Gasteiger partial charge < -0.3 is 9.80 Å². The lowest BCUT2D eigenvalue weighted by Gasteiger charge is -2.26. The summed E-state index contributed by atoms with van der Waals surface area (Å²) in [5, 5.41) is 2.96. The lowest BCUT2D eigenvalue weighted by atomic mass is 10.0. The molecule has 2 nitrogen and oxygen atoms in total. The third kappa shape index (κ3) is 9.27. The summed E-state index contributed by atoms with van der Waals surface area (Å²) in [5.74, 6) is 0. The molecule has 3 heteroatoms. The molecule has 0 bridgehead atoms. The van der Waals surface area contributed by atoms with Crippen LogP contribution in [0.4, 0.5) is 34.1 Å². The van der Waals surface area contributed by atoms with E-state index >= 15 is 0 Å². The molecular formula is C68H55N2P. The third-order valence-corrected chi connectivity index (χ3v) is 16.8. The van der Waals surface area contributed by atoms with Gasteiger partial charge in [-0.1, -0.05) is 201 Å². The highest BCUT2D eigenvalue weighted by molar-refractivity contribution is 7.55. The van der Waals surface area contributed by atoms with Crippen LogP contribution in [-0.2, 0) is 6.16 Å². The predicted molar refractivity (Wildman–Crippen MR) is 306 cm³/mol. The zero-order valence-electron chi connectivity index (χ0n) is 40.5. The van der Waals surface area contributed by atoms with Gasteiger partial charge in [0.05, 0.1) is 0 Å². The summed E-state index contributed by atoms with van der Waals surface area (Å²) in [4.78, 5) is 4.75. The van der Waals surface area contributed by atoms with Crippen LogP contribution in [0.15, 0.2) is 267 Å². The Labute approximate surface area is 420 Å². The molecule has 0 unspecified atom stereocenters. The van der Waals surface area contributed by atoms with Gasteiger partial charge >= 0.3 is 0 Å². The van der Waals surface area contributed by atoms with Crippen LogP contribution in [0.3, 0.4) is 0 Å². The molecule has 71 heavy (non-hydrogen) atoms. The van der Waals surface area contributed by atoms with Crippen molar-refractivity contribution in [2.24, 2.45) is 0 Å². The standard InChI is InChI=1S/C68H55N2P/c1-4-71-67(59-33-45-65(46-34-59)69(61-37-25-55(26-38-61)51-17-9-5-10-18-51)62-39-27-56(28-40-62)52-19-11-6-12-20-52)49(2)50(3)68(71)60-35-47-66(48-36-60)70(63-41-29-57(30-42-63)53-21-13-7-14-22-53)64-43-31-58(32-44-64)54-23-15-8-16-24-54/h5-48H,4H2,1-3H3. The Morgan fingerprint density at radius 3 is 0.620 bits per heavy atom. The van der Waals surface area contributed by atoms with Gasteiger partial charge in [-0.25, -0.2) is 0 Å². The summed E-state index contributed by atoms with van der Waals surface area (Å²) in [7, 11) is -0.598. The van der Waals surface area contributed by atoms with E-state index in [2.05, 4.69) is 297 Å². The van der Waals surface area contributed by atoms with E-state index in [-0.39, 0.29) is 0 Å². The average molecular weight is 931 g/mol. The largest absolute Gasteiger partial charge is 0.311 e. The molecule has 0 aliphatic heterocycles. The van der Waals surface area contributed by atoms with Crippen molar-refractivity contribution in [2.45, 2.75) is 26.9 Å². The highest BCUT2D eigenvalue weighted by atomic mass is 31.1. The number of hydrogen-bond donors (Lipinski definition) is 0. The van der Waals surface area contributed by atoms with Gasteiger partial charge in [0.15, 0.2) is 0 Å². The van der Waals surface area contributed by atoms with Crippen molar-refractivity contribution in [1.82, 2.24) is 0 Å². The van der Waals surface area contributed by atoms with Crippen molar-refractivity contribution in [3.8, 4) is 66.2 Å². The SMILES string of the molecule is CCp1c(-c2ccc(N(c3ccc(-c4ccccc4)cc3)c3ccc(-c4ccccc4)cc3)cc2)c(C)c(C)c1-c1ccc(N(c2ccc(-c3ccccc3)cc2)c2ccc(-c3ccccc3)cc2)cc1. The van der Waals surface area contributed by atoms with Crippen LogP contribution in [0, 0.1) is 13.8 Å². The highest BCUT2D eigenvalue weighted by Crippen LogP contribution is 2.56. The Bertz CT molecular complexity index is 3090. The molecule has 0 amide bonds. The van der Waals surface area contributed by atoms with Gasteiger partial charge in [-0.15, -0.1) is 7.53 Å². The van der Waals surface area contributed by atoms with Gasteiger partial charge in [-0.05, 0) is 160 Å². The summed E-state index contributed by atoms with van der Waals surface area (Å²) in [6, 6.07) is 96.9. The van der Waals surface area contributed by atoms with Crippen LogP contribution < -0.4 is 9.80 Å². The van der Waals surface area contributed by atoms with E-state index < -0.39 is 7.53 Å². The quantitative estimate of drug-likeness (QED) is 0.114. The van der Waals surface area contributed by atoms with E-state index in [4.69, 9.17) is 0 Å². The number of nitrogens with zero attached hydrogens (tertiary/aromatic N) is 2. The maximum absolute atomic E-state index is 2.38. The minimum Gasteiger partial charge on any atom is -0.311 e. The van der Waals surface area contributed by atoms with Gasteiger partial charge in [-0.2, -0.15) is 0 Å².